The van der Waals surface area contributed by atoms with E-state index in [0.29, 0.717) is 22.3 Å². The maximum atomic E-state index is 10.8. The van der Waals surface area contributed by atoms with Gasteiger partial charge < -0.3 is 14.6 Å². The van der Waals surface area contributed by atoms with Crippen molar-refractivity contribution >= 4 is 10.9 Å². The average Bonchev–Trinajstić information content (AvgIpc) is 2.74. The number of aromatic hydroxyl groups is 1. The summed E-state index contributed by atoms with van der Waals surface area (Å²) in [6, 6.07) is 18.7. The van der Waals surface area contributed by atoms with E-state index >= 15 is 0 Å². The molecule has 0 spiro atoms. The first-order valence-corrected chi connectivity index (χ1v) is 8.48. The van der Waals surface area contributed by atoms with Crippen LogP contribution in [0.4, 0.5) is 0 Å². The molecule has 0 atom stereocenters. The van der Waals surface area contributed by atoms with Gasteiger partial charge in [-0.3, -0.25) is 4.98 Å². The summed E-state index contributed by atoms with van der Waals surface area (Å²) in [6.07, 6.45) is 1.70. The van der Waals surface area contributed by atoms with E-state index in [1.54, 1.807) is 26.5 Å². The Labute approximate surface area is 156 Å². The SMILES string of the molecule is COc1ccc(-c2nc(-c3ccc(OC)cc3)c3ncccc3c2O)cc1. The van der Waals surface area contributed by atoms with Crippen LogP contribution in [0.5, 0.6) is 17.2 Å². The molecule has 4 aromatic rings. The molecule has 0 fully saturated rings. The second-order valence-electron chi connectivity index (χ2n) is 6.01. The molecule has 2 aromatic carbocycles. The minimum atomic E-state index is 0.112. The second-order valence-corrected chi connectivity index (χ2v) is 6.01. The molecule has 0 saturated carbocycles. The smallest absolute Gasteiger partial charge is 0.151 e. The monoisotopic (exact) mass is 358 g/mol. The molecule has 2 heterocycles. The minimum Gasteiger partial charge on any atom is -0.505 e. The number of aromatic nitrogens is 2. The quantitative estimate of drug-likeness (QED) is 0.573. The summed E-state index contributed by atoms with van der Waals surface area (Å²) in [5, 5.41) is 11.5. The number of rotatable bonds is 4. The molecule has 0 radical (unpaired) electrons. The number of nitrogens with zero attached hydrogens (tertiary/aromatic N) is 2. The Bertz CT molecular complexity index is 1090. The summed E-state index contributed by atoms with van der Waals surface area (Å²) in [6.45, 7) is 0. The molecule has 134 valence electrons. The van der Waals surface area contributed by atoms with Crippen LogP contribution < -0.4 is 9.47 Å². The third kappa shape index (κ3) is 3.04. The van der Waals surface area contributed by atoms with Crippen LogP contribution in [0.3, 0.4) is 0 Å². The van der Waals surface area contributed by atoms with Crippen molar-refractivity contribution in [3.05, 3.63) is 66.9 Å². The predicted molar refractivity (Wildman–Crippen MR) is 105 cm³/mol. The number of ether oxygens (including phenoxy) is 2. The molecule has 0 aliphatic carbocycles. The van der Waals surface area contributed by atoms with Gasteiger partial charge in [0.2, 0.25) is 0 Å². The second kappa shape index (κ2) is 6.96. The van der Waals surface area contributed by atoms with Gasteiger partial charge in [0.15, 0.2) is 5.75 Å². The van der Waals surface area contributed by atoms with Gasteiger partial charge in [-0.2, -0.15) is 0 Å². The Hall–Kier alpha value is -3.60. The summed E-state index contributed by atoms with van der Waals surface area (Å²) in [4.78, 5) is 9.21. The van der Waals surface area contributed by atoms with E-state index in [-0.39, 0.29) is 5.75 Å². The molecule has 0 amide bonds. The molecular weight excluding hydrogens is 340 g/mol. The minimum absolute atomic E-state index is 0.112. The number of pyridine rings is 2. The van der Waals surface area contributed by atoms with Gasteiger partial charge in [-0.25, -0.2) is 4.98 Å². The Kier molecular flexibility index (Phi) is 4.34. The molecule has 0 aliphatic rings. The van der Waals surface area contributed by atoms with Crippen molar-refractivity contribution in [1.29, 1.82) is 0 Å². The lowest BCUT2D eigenvalue weighted by Gasteiger charge is -2.12. The van der Waals surface area contributed by atoms with Crippen molar-refractivity contribution in [2.75, 3.05) is 14.2 Å². The highest BCUT2D eigenvalue weighted by Gasteiger charge is 2.17. The third-order valence-electron chi connectivity index (χ3n) is 4.46. The molecule has 27 heavy (non-hydrogen) atoms. The van der Waals surface area contributed by atoms with E-state index in [0.717, 1.165) is 22.6 Å². The summed E-state index contributed by atoms with van der Waals surface area (Å²) < 4.78 is 10.5. The standard InChI is InChI=1S/C22H18N2O3/c1-26-16-9-5-14(6-10-16)19-21-18(4-3-13-23-21)22(25)20(24-19)15-7-11-17(27-2)12-8-15/h3-13,25H,1-2H3. The van der Waals surface area contributed by atoms with E-state index in [4.69, 9.17) is 14.5 Å². The highest BCUT2D eigenvalue weighted by Crippen LogP contribution is 2.38. The van der Waals surface area contributed by atoms with Gasteiger partial charge in [-0.05, 0) is 60.7 Å². The maximum Gasteiger partial charge on any atom is 0.151 e. The summed E-state index contributed by atoms with van der Waals surface area (Å²) in [5.41, 5.74) is 3.56. The lowest BCUT2D eigenvalue weighted by molar-refractivity contribution is 0.415. The first kappa shape index (κ1) is 16.8. The van der Waals surface area contributed by atoms with Crippen LogP contribution in [-0.4, -0.2) is 29.3 Å². The topological polar surface area (TPSA) is 64.5 Å². The molecule has 1 N–H and O–H groups in total. The van der Waals surface area contributed by atoms with Gasteiger partial charge >= 0.3 is 0 Å². The van der Waals surface area contributed by atoms with Crippen molar-refractivity contribution in [2.24, 2.45) is 0 Å². The summed E-state index contributed by atoms with van der Waals surface area (Å²) in [5.74, 6) is 1.63. The van der Waals surface area contributed by atoms with E-state index in [1.165, 1.54) is 0 Å². The van der Waals surface area contributed by atoms with Crippen molar-refractivity contribution in [1.82, 2.24) is 9.97 Å². The van der Waals surface area contributed by atoms with Crippen LogP contribution >= 0.6 is 0 Å². The Morgan fingerprint density at radius 1 is 0.741 bits per heavy atom. The molecule has 0 bridgehead atoms. The van der Waals surface area contributed by atoms with Gasteiger partial charge in [-0.1, -0.05) is 0 Å². The van der Waals surface area contributed by atoms with Crippen LogP contribution in [0.15, 0.2) is 66.9 Å². The van der Waals surface area contributed by atoms with E-state index < -0.39 is 0 Å². The first-order valence-electron chi connectivity index (χ1n) is 8.48. The third-order valence-corrected chi connectivity index (χ3v) is 4.46. The number of hydrogen-bond acceptors (Lipinski definition) is 5. The van der Waals surface area contributed by atoms with Crippen LogP contribution in [0.25, 0.3) is 33.4 Å². The first-order chi connectivity index (χ1) is 13.2. The Morgan fingerprint density at radius 3 is 1.85 bits per heavy atom. The number of methoxy groups -OCH3 is 2. The average molecular weight is 358 g/mol. The van der Waals surface area contributed by atoms with Crippen LogP contribution in [-0.2, 0) is 0 Å². The van der Waals surface area contributed by atoms with Gasteiger partial charge in [0, 0.05) is 22.7 Å². The summed E-state index contributed by atoms with van der Waals surface area (Å²) >= 11 is 0. The predicted octanol–water partition coefficient (Wildman–Crippen LogP) is 4.69. The zero-order valence-electron chi connectivity index (χ0n) is 15.0. The molecule has 0 aliphatic heterocycles. The Morgan fingerprint density at radius 2 is 1.30 bits per heavy atom. The molecule has 4 rings (SSSR count). The van der Waals surface area contributed by atoms with E-state index in [9.17, 15) is 5.11 Å². The summed E-state index contributed by atoms with van der Waals surface area (Å²) in [7, 11) is 3.25. The zero-order chi connectivity index (χ0) is 18.8. The van der Waals surface area contributed by atoms with Crippen molar-refractivity contribution in [3.63, 3.8) is 0 Å². The van der Waals surface area contributed by atoms with E-state index in [1.807, 2.05) is 54.6 Å². The zero-order valence-corrected chi connectivity index (χ0v) is 15.0. The molecule has 2 aromatic heterocycles. The normalized spacial score (nSPS) is 10.7. The molecule has 0 unspecified atom stereocenters. The lowest BCUT2D eigenvalue weighted by Crippen LogP contribution is -1.94. The lowest BCUT2D eigenvalue weighted by atomic mass is 10.0. The number of benzene rings is 2. The Balaban J connectivity index is 1.95. The molecule has 5 nitrogen and oxygen atoms in total. The maximum absolute atomic E-state index is 10.8. The van der Waals surface area contributed by atoms with Gasteiger partial charge in [-0.15, -0.1) is 0 Å². The van der Waals surface area contributed by atoms with Crippen LogP contribution in [0.2, 0.25) is 0 Å². The fourth-order valence-electron chi connectivity index (χ4n) is 3.03. The number of fused-ring (bicyclic) bond motifs is 1. The van der Waals surface area contributed by atoms with Crippen LogP contribution in [0.1, 0.15) is 0 Å². The molecule has 0 saturated heterocycles. The van der Waals surface area contributed by atoms with Crippen LogP contribution in [0, 0.1) is 0 Å². The highest BCUT2D eigenvalue weighted by molar-refractivity contribution is 5.99. The van der Waals surface area contributed by atoms with Crippen molar-refractivity contribution in [3.8, 4) is 39.8 Å². The van der Waals surface area contributed by atoms with Gasteiger partial charge in [0.1, 0.15) is 22.7 Å². The molecular formula is C22H18N2O3. The van der Waals surface area contributed by atoms with Crippen molar-refractivity contribution < 1.29 is 14.6 Å². The van der Waals surface area contributed by atoms with Gasteiger partial charge in [0.25, 0.3) is 0 Å². The fourth-order valence-corrected chi connectivity index (χ4v) is 3.03. The van der Waals surface area contributed by atoms with Gasteiger partial charge in [0.05, 0.1) is 19.9 Å². The highest BCUT2D eigenvalue weighted by atomic mass is 16.5. The fraction of sp³-hybridized carbons (Fsp3) is 0.0909. The van der Waals surface area contributed by atoms with E-state index in [2.05, 4.69) is 4.98 Å². The molecule has 5 heteroatoms. The number of hydrogen-bond donors (Lipinski definition) is 1. The van der Waals surface area contributed by atoms with Crippen molar-refractivity contribution in [2.45, 2.75) is 0 Å². The largest absolute Gasteiger partial charge is 0.505 e.